The van der Waals surface area contributed by atoms with E-state index in [0.717, 1.165) is 22.2 Å². The predicted octanol–water partition coefficient (Wildman–Crippen LogP) is 4.40. The van der Waals surface area contributed by atoms with Gasteiger partial charge < -0.3 is 14.2 Å². The van der Waals surface area contributed by atoms with E-state index >= 15 is 0 Å². The number of para-hydroxylation sites is 1. The second-order valence-electron chi connectivity index (χ2n) is 8.32. The van der Waals surface area contributed by atoms with Gasteiger partial charge in [0.2, 0.25) is 0 Å². The summed E-state index contributed by atoms with van der Waals surface area (Å²) >= 11 is 6.68. The van der Waals surface area contributed by atoms with E-state index < -0.39 is 0 Å². The molecule has 2 saturated heterocycles. The number of ether oxygens (including phenoxy) is 1. The highest BCUT2D eigenvalue weighted by molar-refractivity contribution is 8.26. The number of aryl methyl sites for hydroxylation is 1. The highest BCUT2D eigenvalue weighted by atomic mass is 32.2. The monoisotopic (exact) mass is 509 g/mol. The first-order chi connectivity index (χ1) is 17.0. The Kier molecular flexibility index (Phi) is 6.73. The Bertz CT molecular complexity index is 1400. The molecule has 9 heteroatoms. The Morgan fingerprint density at radius 3 is 2.51 bits per heavy atom. The fraction of sp³-hybridized carbons (Fsp3) is 0.269. The van der Waals surface area contributed by atoms with Gasteiger partial charge in [-0.2, -0.15) is 0 Å². The van der Waals surface area contributed by atoms with Crippen molar-refractivity contribution in [1.29, 1.82) is 0 Å². The number of rotatable bonds is 5. The molecule has 1 amide bonds. The lowest BCUT2D eigenvalue weighted by Gasteiger charge is -2.31. The van der Waals surface area contributed by atoms with E-state index in [1.807, 2.05) is 31.2 Å². The fourth-order valence-corrected chi connectivity index (χ4v) is 5.76. The molecule has 3 aromatic rings. The third-order valence-corrected chi connectivity index (χ3v) is 7.60. The zero-order chi connectivity index (χ0) is 24.5. The summed E-state index contributed by atoms with van der Waals surface area (Å²) < 4.78 is 21.0. The first-order valence-corrected chi connectivity index (χ1v) is 12.7. The van der Waals surface area contributed by atoms with Crippen molar-refractivity contribution in [2.24, 2.45) is 0 Å². The summed E-state index contributed by atoms with van der Waals surface area (Å²) in [4.78, 5) is 31.1. The number of halogens is 1. The zero-order valence-corrected chi connectivity index (χ0v) is 20.8. The summed E-state index contributed by atoms with van der Waals surface area (Å²) in [5.41, 5.74) is 2.80. The van der Waals surface area contributed by atoms with E-state index in [0.29, 0.717) is 47.6 Å². The molecule has 6 nitrogen and oxygen atoms in total. The number of fused-ring (bicyclic) bond motifs is 1. The van der Waals surface area contributed by atoms with Gasteiger partial charge in [-0.25, -0.2) is 4.39 Å². The number of amides is 1. The molecular weight excluding hydrogens is 485 g/mol. The summed E-state index contributed by atoms with van der Waals surface area (Å²) in [6.45, 7) is 5.16. The smallest absolute Gasteiger partial charge is 0.266 e. The number of hydrogen-bond acceptors (Lipinski definition) is 6. The Morgan fingerprint density at radius 2 is 1.80 bits per heavy atom. The van der Waals surface area contributed by atoms with Crippen LogP contribution in [0.25, 0.3) is 17.0 Å². The molecule has 0 unspecified atom stereocenters. The molecule has 5 rings (SSSR count). The van der Waals surface area contributed by atoms with Crippen molar-refractivity contribution in [3.05, 3.63) is 80.7 Å². The third-order valence-electron chi connectivity index (χ3n) is 6.23. The van der Waals surface area contributed by atoms with Gasteiger partial charge in [0.1, 0.15) is 10.1 Å². The summed E-state index contributed by atoms with van der Waals surface area (Å²) in [7, 11) is 0. The SMILES string of the molecule is CCn1c(=O)c(C=C2SC(=S)N(Cc3ccc(F)cc3)C2=O)c(N2CCOCC2)c2ccccc21. The molecule has 0 N–H and O–H groups in total. The maximum absolute atomic E-state index is 13.7. The normalized spacial score (nSPS) is 17.7. The summed E-state index contributed by atoms with van der Waals surface area (Å²) in [5.74, 6) is -0.592. The van der Waals surface area contributed by atoms with Crippen LogP contribution in [0.3, 0.4) is 0 Å². The highest BCUT2D eigenvalue weighted by Crippen LogP contribution is 2.37. The first kappa shape index (κ1) is 23.7. The van der Waals surface area contributed by atoms with E-state index in [-0.39, 0.29) is 23.8 Å². The Balaban J connectivity index is 1.61. The number of carbonyl (C=O) groups is 1. The van der Waals surface area contributed by atoms with Crippen LogP contribution in [0, 0.1) is 5.82 Å². The van der Waals surface area contributed by atoms with Gasteiger partial charge in [-0.05, 0) is 36.8 Å². The van der Waals surface area contributed by atoms with E-state index in [9.17, 15) is 14.0 Å². The maximum Gasteiger partial charge on any atom is 0.266 e. The van der Waals surface area contributed by atoms with Crippen LogP contribution in [0.4, 0.5) is 10.1 Å². The van der Waals surface area contributed by atoms with Gasteiger partial charge in [-0.3, -0.25) is 14.5 Å². The Morgan fingerprint density at radius 1 is 1.09 bits per heavy atom. The van der Waals surface area contributed by atoms with Gasteiger partial charge in [0.05, 0.1) is 41.4 Å². The molecule has 0 atom stereocenters. The number of hydrogen-bond donors (Lipinski definition) is 0. The zero-order valence-electron chi connectivity index (χ0n) is 19.2. The van der Waals surface area contributed by atoms with Crippen molar-refractivity contribution in [3.63, 3.8) is 0 Å². The van der Waals surface area contributed by atoms with Crippen molar-refractivity contribution in [2.45, 2.75) is 20.0 Å². The number of pyridine rings is 1. The van der Waals surface area contributed by atoms with Crippen molar-refractivity contribution in [2.75, 3.05) is 31.2 Å². The van der Waals surface area contributed by atoms with Gasteiger partial charge in [-0.15, -0.1) is 0 Å². The second kappa shape index (κ2) is 9.93. The third kappa shape index (κ3) is 4.51. The molecule has 2 aromatic carbocycles. The van der Waals surface area contributed by atoms with Crippen molar-refractivity contribution < 1.29 is 13.9 Å². The van der Waals surface area contributed by atoms with Crippen molar-refractivity contribution in [1.82, 2.24) is 9.47 Å². The summed E-state index contributed by atoms with van der Waals surface area (Å²) in [6.07, 6.45) is 1.69. The highest BCUT2D eigenvalue weighted by Gasteiger charge is 2.33. The number of benzene rings is 2. The maximum atomic E-state index is 13.7. The number of thiocarbonyl (C=S) groups is 1. The van der Waals surface area contributed by atoms with Crippen LogP contribution < -0.4 is 10.5 Å². The standard InChI is InChI=1S/C26H24FN3O3S2/c1-2-29-21-6-4-3-5-19(21)23(28-11-13-33-14-12-28)20(24(29)31)15-22-25(32)30(26(34)35-22)16-17-7-9-18(27)10-8-17/h3-10,15H,2,11-14,16H2,1H3. The lowest BCUT2D eigenvalue weighted by Crippen LogP contribution is -2.38. The number of nitrogens with zero attached hydrogens (tertiary/aromatic N) is 3. The molecule has 0 spiro atoms. The minimum atomic E-state index is -0.335. The Labute approximate surface area is 212 Å². The van der Waals surface area contributed by atoms with Crippen LogP contribution in [-0.2, 0) is 22.6 Å². The lowest BCUT2D eigenvalue weighted by atomic mass is 10.1. The molecular formula is C26H24FN3O3S2. The molecule has 2 aliphatic heterocycles. The van der Waals surface area contributed by atoms with Crippen LogP contribution in [0.1, 0.15) is 18.1 Å². The average molecular weight is 510 g/mol. The van der Waals surface area contributed by atoms with E-state index in [2.05, 4.69) is 4.90 Å². The minimum absolute atomic E-state index is 0.142. The molecule has 0 aliphatic carbocycles. The predicted molar refractivity (Wildman–Crippen MR) is 142 cm³/mol. The summed E-state index contributed by atoms with van der Waals surface area (Å²) in [5, 5.41) is 0.962. The largest absolute Gasteiger partial charge is 0.378 e. The molecule has 35 heavy (non-hydrogen) atoms. The molecule has 1 aromatic heterocycles. The number of carbonyl (C=O) groups excluding carboxylic acids is 1. The molecule has 0 saturated carbocycles. The van der Waals surface area contributed by atoms with Crippen LogP contribution in [0.15, 0.2) is 58.2 Å². The first-order valence-electron chi connectivity index (χ1n) is 11.5. The van der Waals surface area contributed by atoms with E-state index in [1.54, 1.807) is 22.8 Å². The number of thioether (sulfide) groups is 1. The summed E-state index contributed by atoms with van der Waals surface area (Å²) in [6, 6.07) is 13.9. The number of morpholine rings is 1. The second-order valence-corrected chi connectivity index (χ2v) is 10.00. The molecule has 2 aliphatic rings. The molecule has 0 radical (unpaired) electrons. The van der Waals surface area contributed by atoms with Gasteiger partial charge >= 0.3 is 0 Å². The van der Waals surface area contributed by atoms with Crippen molar-refractivity contribution >= 4 is 56.9 Å². The van der Waals surface area contributed by atoms with Gasteiger partial charge in [0.15, 0.2) is 0 Å². The van der Waals surface area contributed by atoms with Crippen LogP contribution in [0.5, 0.6) is 0 Å². The number of aromatic nitrogens is 1. The topological polar surface area (TPSA) is 54.8 Å². The lowest BCUT2D eigenvalue weighted by molar-refractivity contribution is -0.122. The van der Waals surface area contributed by atoms with Crippen LogP contribution >= 0.6 is 24.0 Å². The van der Waals surface area contributed by atoms with Crippen LogP contribution in [0.2, 0.25) is 0 Å². The van der Waals surface area contributed by atoms with Crippen LogP contribution in [-0.4, -0.2) is 46.0 Å². The fourth-order valence-electron chi connectivity index (χ4n) is 4.52. The minimum Gasteiger partial charge on any atom is -0.378 e. The van der Waals surface area contributed by atoms with E-state index in [4.69, 9.17) is 17.0 Å². The van der Waals surface area contributed by atoms with Gasteiger partial charge in [-0.1, -0.05) is 54.3 Å². The number of anilines is 1. The molecule has 3 heterocycles. The quantitative estimate of drug-likeness (QED) is 0.376. The molecule has 2 fully saturated rings. The molecule has 180 valence electrons. The van der Waals surface area contributed by atoms with Crippen molar-refractivity contribution in [3.8, 4) is 0 Å². The molecule has 0 bridgehead atoms. The van der Waals surface area contributed by atoms with Gasteiger partial charge in [0, 0.05) is 25.0 Å². The average Bonchev–Trinajstić information content (AvgIpc) is 3.13. The van der Waals surface area contributed by atoms with Gasteiger partial charge in [0.25, 0.3) is 11.5 Å². The Hall–Kier alpha value is -3.01. The van der Waals surface area contributed by atoms with E-state index in [1.165, 1.54) is 28.8 Å².